The Labute approximate surface area is 112 Å². The maximum atomic E-state index is 11.9. The molecule has 4 nitrogen and oxygen atoms in total. The molecule has 0 aromatic carbocycles. The molecule has 19 heavy (non-hydrogen) atoms. The minimum Gasteiger partial charge on any atom is -0.383 e. The molecule has 0 fully saturated rings. The van der Waals surface area contributed by atoms with E-state index in [0.717, 1.165) is 0 Å². The van der Waals surface area contributed by atoms with Crippen LogP contribution in [0, 0.1) is 0 Å². The highest BCUT2D eigenvalue weighted by molar-refractivity contribution is 5.76. The fourth-order valence-electron chi connectivity index (χ4n) is 1.52. The second-order valence-electron chi connectivity index (χ2n) is 4.46. The molecule has 0 rings (SSSR count). The normalized spacial score (nSPS) is 13.3. The van der Waals surface area contributed by atoms with Crippen LogP contribution in [0.5, 0.6) is 0 Å². The molecule has 7 heteroatoms. The third-order valence-electron chi connectivity index (χ3n) is 2.57. The summed E-state index contributed by atoms with van der Waals surface area (Å²) in [5.41, 5.74) is 0. The van der Waals surface area contributed by atoms with Crippen LogP contribution in [0.4, 0.5) is 13.2 Å². The molecule has 114 valence electrons. The summed E-state index contributed by atoms with van der Waals surface area (Å²) in [5.74, 6) is -0.0907. The molecule has 0 aliphatic heterocycles. The molecule has 2 N–H and O–H groups in total. The largest absolute Gasteiger partial charge is 0.389 e. The van der Waals surface area contributed by atoms with Crippen LogP contribution in [0.3, 0.4) is 0 Å². The van der Waals surface area contributed by atoms with Crippen LogP contribution in [-0.4, -0.2) is 44.9 Å². The number of ether oxygens (including phenoxy) is 1. The molecule has 0 aliphatic rings. The molecule has 0 saturated heterocycles. The van der Waals surface area contributed by atoms with Gasteiger partial charge in [-0.1, -0.05) is 0 Å². The van der Waals surface area contributed by atoms with Gasteiger partial charge in [-0.05, 0) is 19.8 Å². The van der Waals surface area contributed by atoms with E-state index in [9.17, 15) is 18.0 Å². The first-order valence-corrected chi connectivity index (χ1v) is 6.41. The highest BCUT2D eigenvalue weighted by atomic mass is 19.4. The van der Waals surface area contributed by atoms with Crippen molar-refractivity contribution in [3.63, 3.8) is 0 Å². The molecule has 1 atom stereocenters. The maximum absolute atomic E-state index is 11.9. The summed E-state index contributed by atoms with van der Waals surface area (Å²) in [6.45, 7) is 3.22. The second kappa shape index (κ2) is 10.0. The number of rotatable bonds is 10. The van der Waals surface area contributed by atoms with Crippen LogP contribution in [0.15, 0.2) is 0 Å². The molecule has 0 heterocycles. The summed E-state index contributed by atoms with van der Waals surface area (Å²) >= 11 is 0. The first-order chi connectivity index (χ1) is 8.85. The van der Waals surface area contributed by atoms with E-state index in [0.29, 0.717) is 32.5 Å². The lowest BCUT2D eigenvalue weighted by atomic mass is 10.1. The predicted octanol–water partition coefficient (Wildman–Crippen LogP) is 1.85. The van der Waals surface area contributed by atoms with Crippen LogP contribution < -0.4 is 10.6 Å². The van der Waals surface area contributed by atoms with Crippen molar-refractivity contribution in [3.8, 4) is 0 Å². The Morgan fingerprint density at radius 2 is 2.00 bits per heavy atom. The van der Waals surface area contributed by atoms with E-state index in [2.05, 4.69) is 10.6 Å². The molecular formula is C12H23F3N2O2. The van der Waals surface area contributed by atoms with Gasteiger partial charge >= 0.3 is 6.18 Å². The summed E-state index contributed by atoms with van der Waals surface area (Å²) in [4.78, 5) is 11.3. The van der Waals surface area contributed by atoms with Crippen molar-refractivity contribution >= 4 is 5.91 Å². The Morgan fingerprint density at radius 1 is 1.32 bits per heavy atom. The van der Waals surface area contributed by atoms with E-state index in [4.69, 9.17) is 4.74 Å². The number of amides is 1. The highest BCUT2D eigenvalue weighted by Gasteiger charge is 2.26. The molecule has 0 bridgehead atoms. The molecule has 0 aromatic heterocycles. The van der Waals surface area contributed by atoms with Gasteiger partial charge in [0.05, 0.1) is 6.61 Å². The Hall–Kier alpha value is -0.820. The van der Waals surface area contributed by atoms with Crippen molar-refractivity contribution in [2.24, 2.45) is 0 Å². The summed E-state index contributed by atoms with van der Waals surface area (Å²) in [7, 11) is 1.55. The number of carbonyl (C=O) groups excluding carboxylic acids is 1. The van der Waals surface area contributed by atoms with Gasteiger partial charge in [-0.15, -0.1) is 0 Å². The Balaban J connectivity index is 3.47. The molecular weight excluding hydrogens is 261 g/mol. The van der Waals surface area contributed by atoms with Crippen molar-refractivity contribution in [1.82, 2.24) is 10.6 Å². The van der Waals surface area contributed by atoms with Crippen molar-refractivity contribution in [2.75, 3.05) is 26.8 Å². The number of alkyl halides is 3. The van der Waals surface area contributed by atoms with E-state index in [1.54, 1.807) is 7.11 Å². The van der Waals surface area contributed by atoms with E-state index in [1.807, 2.05) is 6.92 Å². The average molecular weight is 284 g/mol. The van der Waals surface area contributed by atoms with Crippen molar-refractivity contribution in [2.45, 2.75) is 44.8 Å². The van der Waals surface area contributed by atoms with Crippen LogP contribution in [0.1, 0.15) is 32.6 Å². The van der Waals surface area contributed by atoms with Gasteiger partial charge in [-0.2, -0.15) is 13.2 Å². The maximum Gasteiger partial charge on any atom is 0.389 e. The van der Waals surface area contributed by atoms with Gasteiger partial charge < -0.3 is 15.4 Å². The standard InChI is InChI=1S/C12H23F3N2O2/c1-10(4-3-6-12(13,14)15)16-7-5-11(18)17-8-9-19-2/h10,16H,3-9H2,1-2H3,(H,17,18). The Kier molecular flexibility index (Phi) is 9.59. The number of halogens is 3. The number of carbonyl (C=O) groups is 1. The first-order valence-electron chi connectivity index (χ1n) is 6.41. The highest BCUT2D eigenvalue weighted by Crippen LogP contribution is 2.22. The number of hydrogen-bond donors (Lipinski definition) is 2. The monoisotopic (exact) mass is 284 g/mol. The smallest absolute Gasteiger partial charge is 0.383 e. The molecule has 0 saturated carbocycles. The van der Waals surface area contributed by atoms with Gasteiger partial charge in [-0.3, -0.25) is 4.79 Å². The van der Waals surface area contributed by atoms with E-state index >= 15 is 0 Å². The van der Waals surface area contributed by atoms with E-state index in [-0.39, 0.29) is 18.4 Å². The van der Waals surface area contributed by atoms with Crippen LogP contribution in [-0.2, 0) is 9.53 Å². The van der Waals surface area contributed by atoms with E-state index < -0.39 is 12.6 Å². The van der Waals surface area contributed by atoms with Gasteiger partial charge in [0, 0.05) is 39.1 Å². The predicted molar refractivity (Wildman–Crippen MR) is 66.9 cm³/mol. The van der Waals surface area contributed by atoms with Crippen molar-refractivity contribution in [1.29, 1.82) is 0 Å². The van der Waals surface area contributed by atoms with Crippen LogP contribution in [0.2, 0.25) is 0 Å². The molecule has 0 aliphatic carbocycles. The van der Waals surface area contributed by atoms with Crippen molar-refractivity contribution in [3.05, 3.63) is 0 Å². The quantitative estimate of drug-likeness (QED) is 0.602. The SMILES string of the molecule is COCCNC(=O)CCNC(C)CCCC(F)(F)F. The summed E-state index contributed by atoms with van der Waals surface area (Å²) in [5, 5.41) is 5.70. The topological polar surface area (TPSA) is 50.4 Å². The van der Waals surface area contributed by atoms with Gasteiger partial charge in [0.1, 0.15) is 0 Å². The number of nitrogens with one attached hydrogen (secondary N) is 2. The molecule has 0 spiro atoms. The van der Waals surface area contributed by atoms with Gasteiger partial charge in [0.25, 0.3) is 0 Å². The lowest BCUT2D eigenvalue weighted by Gasteiger charge is -2.14. The fraction of sp³-hybridized carbons (Fsp3) is 0.917. The third kappa shape index (κ3) is 13.4. The summed E-state index contributed by atoms with van der Waals surface area (Å²) in [6, 6.07) is -0.0193. The number of methoxy groups -OCH3 is 1. The fourth-order valence-corrected chi connectivity index (χ4v) is 1.52. The zero-order chi connectivity index (χ0) is 14.7. The van der Waals surface area contributed by atoms with Gasteiger partial charge in [0.2, 0.25) is 5.91 Å². The lowest BCUT2D eigenvalue weighted by Crippen LogP contribution is -2.33. The summed E-state index contributed by atoms with van der Waals surface area (Å²) < 4.78 is 40.6. The summed E-state index contributed by atoms with van der Waals surface area (Å²) in [6.07, 6.45) is -3.96. The zero-order valence-electron chi connectivity index (χ0n) is 11.5. The van der Waals surface area contributed by atoms with Crippen LogP contribution in [0.25, 0.3) is 0 Å². The second-order valence-corrected chi connectivity index (χ2v) is 4.46. The van der Waals surface area contributed by atoms with Gasteiger partial charge in [0.15, 0.2) is 0 Å². The first kappa shape index (κ1) is 18.2. The Morgan fingerprint density at radius 3 is 2.58 bits per heavy atom. The minimum atomic E-state index is -4.08. The average Bonchev–Trinajstić information content (AvgIpc) is 2.27. The Bertz CT molecular complexity index is 248. The molecule has 1 amide bonds. The van der Waals surface area contributed by atoms with Crippen LogP contribution >= 0.6 is 0 Å². The number of hydrogen-bond acceptors (Lipinski definition) is 3. The third-order valence-corrected chi connectivity index (χ3v) is 2.57. The van der Waals surface area contributed by atoms with Crippen molar-refractivity contribution < 1.29 is 22.7 Å². The molecule has 0 radical (unpaired) electrons. The lowest BCUT2D eigenvalue weighted by molar-refractivity contribution is -0.135. The van der Waals surface area contributed by atoms with E-state index in [1.165, 1.54) is 0 Å². The molecule has 0 aromatic rings. The minimum absolute atomic E-state index is 0.0193. The molecule has 1 unspecified atom stereocenters. The van der Waals surface area contributed by atoms with Gasteiger partial charge in [-0.25, -0.2) is 0 Å². The zero-order valence-corrected chi connectivity index (χ0v) is 11.5.